The number of urea groups is 1. The average Bonchev–Trinajstić information content (AvgIpc) is 2.26. The van der Waals surface area contributed by atoms with E-state index >= 15 is 0 Å². The molecule has 102 valence electrons. The summed E-state index contributed by atoms with van der Waals surface area (Å²) >= 11 is 1.85. The third-order valence-corrected chi connectivity index (χ3v) is 5.45. The lowest BCUT2D eigenvalue weighted by atomic mass is 9.77. The highest BCUT2D eigenvalue weighted by atomic mass is 32.2. The van der Waals surface area contributed by atoms with Crippen LogP contribution in [0.25, 0.3) is 0 Å². The predicted molar refractivity (Wildman–Crippen MR) is 70.8 cm³/mol. The Morgan fingerprint density at radius 2 is 2.06 bits per heavy atom. The van der Waals surface area contributed by atoms with Crippen molar-refractivity contribution in [2.45, 2.75) is 49.9 Å². The number of hydrogen-bond donors (Lipinski definition) is 2. The number of carboxylic acids is 1. The molecule has 2 aliphatic rings. The van der Waals surface area contributed by atoms with Gasteiger partial charge in [0.1, 0.15) is 5.54 Å². The molecule has 0 radical (unpaired) electrons. The van der Waals surface area contributed by atoms with E-state index in [1.54, 1.807) is 4.90 Å². The van der Waals surface area contributed by atoms with Gasteiger partial charge in [-0.1, -0.05) is 6.92 Å². The van der Waals surface area contributed by atoms with Gasteiger partial charge in [-0.15, -0.1) is 0 Å². The molecule has 0 aromatic heterocycles. The maximum absolute atomic E-state index is 12.2. The first-order valence-corrected chi connectivity index (χ1v) is 7.45. The molecule has 2 rings (SSSR count). The van der Waals surface area contributed by atoms with E-state index in [1.807, 2.05) is 18.7 Å². The summed E-state index contributed by atoms with van der Waals surface area (Å²) in [7, 11) is 0. The van der Waals surface area contributed by atoms with Crippen molar-refractivity contribution in [1.29, 1.82) is 0 Å². The van der Waals surface area contributed by atoms with Crippen molar-refractivity contribution in [1.82, 2.24) is 10.2 Å². The standard InChI is InChI=1S/C12H20N2O3S/c1-8-9(2)18-7-6-14(8)11(17)13-12(10(15)16)4-3-5-12/h8-9H,3-7H2,1-2H3,(H,13,17)(H,15,16). The molecule has 0 aromatic carbocycles. The summed E-state index contributed by atoms with van der Waals surface area (Å²) in [5.74, 6) is 0.00751. The molecule has 0 spiro atoms. The molecule has 18 heavy (non-hydrogen) atoms. The van der Waals surface area contributed by atoms with Crippen LogP contribution in [0.1, 0.15) is 33.1 Å². The van der Waals surface area contributed by atoms with Crippen LogP contribution >= 0.6 is 11.8 Å². The zero-order chi connectivity index (χ0) is 13.3. The first kappa shape index (κ1) is 13.5. The number of carbonyl (C=O) groups excluding carboxylic acids is 1. The lowest BCUT2D eigenvalue weighted by Gasteiger charge is -2.43. The quantitative estimate of drug-likeness (QED) is 0.800. The normalized spacial score (nSPS) is 30.4. The van der Waals surface area contributed by atoms with Crippen molar-refractivity contribution >= 4 is 23.8 Å². The van der Waals surface area contributed by atoms with Crippen molar-refractivity contribution in [2.24, 2.45) is 0 Å². The first-order chi connectivity index (χ1) is 8.46. The van der Waals surface area contributed by atoms with Gasteiger partial charge in [0.05, 0.1) is 0 Å². The van der Waals surface area contributed by atoms with Gasteiger partial charge in [0.25, 0.3) is 0 Å². The van der Waals surface area contributed by atoms with Crippen molar-refractivity contribution in [2.75, 3.05) is 12.3 Å². The number of rotatable bonds is 2. The van der Waals surface area contributed by atoms with E-state index in [-0.39, 0.29) is 12.1 Å². The highest BCUT2D eigenvalue weighted by Crippen LogP contribution is 2.33. The topological polar surface area (TPSA) is 69.6 Å². The molecular weight excluding hydrogens is 252 g/mol. The Labute approximate surface area is 111 Å². The van der Waals surface area contributed by atoms with E-state index in [1.165, 1.54) is 0 Å². The van der Waals surface area contributed by atoms with Gasteiger partial charge >= 0.3 is 12.0 Å². The number of nitrogens with zero attached hydrogens (tertiary/aromatic N) is 1. The van der Waals surface area contributed by atoms with Gasteiger partial charge in [0, 0.05) is 23.6 Å². The number of thioether (sulfide) groups is 1. The zero-order valence-corrected chi connectivity index (χ0v) is 11.6. The monoisotopic (exact) mass is 272 g/mol. The minimum Gasteiger partial charge on any atom is -0.480 e. The molecule has 1 saturated carbocycles. The number of aliphatic carboxylic acids is 1. The molecule has 6 heteroatoms. The van der Waals surface area contributed by atoms with Crippen molar-refractivity contribution < 1.29 is 14.7 Å². The van der Waals surface area contributed by atoms with Crippen LogP contribution in [-0.2, 0) is 4.79 Å². The number of amides is 2. The lowest BCUT2D eigenvalue weighted by Crippen LogP contribution is -2.63. The zero-order valence-electron chi connectivity index (χ0n) is 10.8. The van der Waals surface area contributed by atoms with E-state index in [0.717, 1.165) is 12.2 Å². The molecular formula is C12H20N2O3S. The predicted octanol–water partition coefficient (Wildman–Crippen LogP) is 1.53. The number of nitrogens with one attached hydrogen (secondary N) is 1. The summed E-state index contributed by atoms with van der Waals surface area (Å²) in [5, 5.41) is 12.3. The van der Waals surface area contributed by atoms with Gasteiger partial charge in [-0.25, -0.2) is 9.59 Å². The first-order valence-electron chi connectivity index (χ1n) is 6.40. The Hall–Kier alpha value is -0.910. The van der Waals surface area contributed by atoms with E-state index < -0.39 is 11.5 Å². The minimum atomic E-state index is -1.01. The fraction of sp³-hybridized carbons (Fsp3) is 0.833. The van der Waals surface area contributed by atoms with Crippen molar-refractivity contribution in [3.8, 4) is 0 Å². The van der Waals surface area contributed by atoms with Crippen LogP contribution in [0.5, 0.6) is 0 Å². The summed E-state index contributed by atoms with van der Waals surface area (Å²) in [6.07, 6.45) is 1.95. The summed E-state index contributed by atoms with van der Waals surface area (Å²) in [4.78, 5) is 25.2. The molecule has 2 atom stereocenters. The Balaban J connectivity index is 2.01. The minimum absolute atomic E-state index is 0.148. The van der Waals surface area contributed by atoms with Crippen LogP contribution in [0.3, 0.4) is 0 Å². The number of carbonyl (C=O) groups is 2. The second-order valence-corrected chi connectivity index (χ2v) is 6.67. The summed E-state index contributed by atoms with van der Waals surface area (Å²) in [6, 6.07) is -0.0774. The van der Waals surface area contributed by atoms with E-state index in [9.17, 15) is 14.7 Å². The molecule has 1 saturated heterocycles. The van der Waals surface area contributed by atoms with Gasteiger partial charge in [-0.2, -0.15) is 11.8 Å². The third kappa shape index (κ3) is 2.30. The molecule has 0 bridgehead atoms. The van der Waals surface area contributed by atoms with Gasteiger partial charge < -0.3 is 15.3 Å². The Morgan fingerprint density at radius 3 is 2.56 bits per heavy atom. The molecule has 5 nitrogen and oxygen atoms in total. The SMILES string of the molecule is CC1SCCN(C(=O)NC2(C(=O)O)CCC2)C1C. The molecule has 2 N–H and O–H groups in total. The molecule has 2 amide bonds. The molecule has 1 aliphatic carbocycles. The summed E-state index contributed by atoms with van der Waals surface area (Å²) in [5.41, 5.74) is -1.01. The maximum atomic E-state index is 12.2. The molecule has 2 fully saturated rings. The van der Waals surface area contributed by atoms with E-state index in [2.05, 4.69) is 12.2 Å². The van der Waals surface area contributed by atoms with Crippen LogP contribution in [0.2, 0.25) is 0 Å². The fourth-order valence-electron chi connectivity index (χ4n) is 2.42. The summed E-state index contributed by atoms with van der Waals surface area (Å²) in [6.45, 7) is 4.81. The van der Waals surface area contributed by atoms with E-state index in [0.29, 0.717) is 24.6 Å². The Morgan fingerprint density at radius 1 is 1.39 bits per heavy atom. The molecule has 2 unspecified atom stereocenters. The third-order valence-electron chi connectivity index (χ3n) is 4.11. The van der Waals surface area contributed by atoms with Gasteiger partial charge in [0.2, 0.25) is 0 Å². The molecule has 1 aliphatic heterocycles. The van der Waals surface area contributed by atoms with E-state index in [4.69, 9.17) is 0 Å². The summed E-state index contributed by atoms with van der Waals surface area (Å²) < 4.78 is 0. The Bertz CT molecular complexity index is 357. The smallest absolute Gasteiger partial charge is 0.329 e. The lowest BCUT2D eigenvalue weighted by molar-refractivity contribution is -0.148. The van der Waals surface area contributed by atoms with Gasteiger partial charge in [-0.3, -0.25) is 0 Å². The van der Waals surface area contributed by atoms with Crippen LogP contribution in [-0.4, -0.2) is 51.1 Å². The molecule has 0 aromatic rings. The van der Waals surface area contributed by atoms with Crippen LogP contribution in [0, 0.1) is 0 Å². The maximum Gasteiger partial charge on any atom is 0.329 e. The average molecular weight is 272 g/mol. The van der Waals surface area contributed by atoms with Crippen molar-refractivity contribution in [3.05, 3.63) is 0 Å². The fourth-order valence-corrected chi connectivity index (χ4v) is 3.52. The number of carboxylic acid groups (broad SMARTS) is 1. The highest BCUT2D eigenvalue weighted by molar-refractivity contribution is 8.00. The molecule has 1 heterocycles. The van der Waals surface area contributed by atoms with Crippen LogP contribution in [0.15, 0.2) is 0 Å². The largest absolute Gasteiger partial charge is 0.480 e. The Kier molecular flexibility index (Phi) is 3.75. The number of hydrogen-bond acceptors (Lipinski definition) is 3. The van der Waals surface area contributed by atoms with Crippen molar-refractivity contribution in [3.63, 3.8) is 0 Å². The van der Waals surface area contributed by atoms with Gasteiger partial charge in [-0.05, 0) is 26.2 Å². The van der Waals surface area contributed by atoms with Crippen LogP contribution in [0.4, 0.5) is 4.79 Å². The highest BCUT2D eigenvalue weighted by Gasteiger charge is 2.47. The second-order valence-electron chi connectivity index (χ2n) is 5.18. The second kappa shape index (κ2) is 4.99. The van der Waals surface area contributed by atoms with Crippen LogP contribution < -0.4 is 5.32 Å². The van der Waals surface area contributed by atoms with Gasteiger partial charge in [0.15, 0.2) is 0 Å².